The quantitative estimate of drug-likeness (QED) is 0.201. The lowest BCUT2D eigenvalue weighted by Crippen LogP contribution is -2.42. The second-order valence-electron chi connectivity index (χ2n) is 9.66. The summed E-state index contributed by atoms with van der Waals surface area (Å²) in [6.07, 6.45) is 2.53. The van der Waals surface area contributed by atoms with Crippen molar-refractivity contribution in [1.29, 1.82) is 0 Å². The molecule has 0 aromatic carbocycles. The van der Waals surface area contributed by atoms with Gasteiger partial charge in [-0.15, -0.1) is 5.10 Å². The molecule has 0 bridgehead atoms. The zero-order valence-electron chi connectivity index (χ0n) is 22.0. The van der Waals surface area contributed by atoms with Gasteiger partial charge in [0.1, 0.15) is 12.2 Å². The Bertz CT molecular complexity index is 1440. The predicted octanol–water partition coefficient (Wildman–Crippen LogP) is 3.25. The van der Waals surface area contributed by atoms with Gasteiger partial charge < -0.3 is 19.0 Å². The molecule has 2 unspecified atom stereocenters. The SMILES string of the molecule is CCCCCOC(OC)C(c1cc(C2CC2)cn2cc(Cn3cc(C(=O)O)nn3)nc12)S(=O)(=O)NCC(F)(F)F. The van der Waals surface area contributed by atoms with Crippen LogP contribution in [-0.4, -0.2) is 76.6 Å². The van der Waals surface area contributed by atoms with Gasteiger partial charge in [-0.25, -0.2) is 27.6 Å². The van der Waals surface area contributed by atoms with Gasteiger partial charge in [-0.3, -0.25) is 0 Å². The average Bonchev–Trinajstić information content (AvgIpc) is 3.49. The number of methoxy groups -OCH3 is 1. The van der Waals surface area contributed by atoms with Crippen LogP contribution in [0.15, 0.2) is 24.7 Å². The van der Waals surface area contributed by atoms with Crippen molar-refractivity contribution >= 4 is 21.6 Å². The Balaban J connectivity index is 1.78. The topological polar surface area (TPSA) is 150 Å². The third-order valence-electron chi connectivity index (χ3n) is 6.41. The molecule has 0 spiro atoms. The van der Waals surface area contributed by atoms with Gasteiger partial charge in [0.2, 0.25) is 10.0 Å². The van der Waals surface area contributed by atoms with E-state index >= 15 is 0 Å². The monoisotopic (exact) mass is 588 g/mol. The van der Waals surface area contributed by atoms with Gasteiger partial charge in [0, 0.05) is 31.7 Å². The number of carboxylic acid groups (broad SMARTS) is 1. The Morgan fingerprint density at radius 1 is 1.25 bits per heavy atom. The molecule has 3 heterocycles. The molecule has 3 aromatic rings. The number of hydrogen-bond donors (Lipinski definition) is 2. The maximum atomic E-state index is 13.5. The predicted molar refractivity (Wildman–Crippen MR) is 135 cm³/mol. The molecule has 4 rings (SSSR count). The number of carbonyl (C=O) groups is 1. The number of fused-ring (bicyclic) bond motifs is 1. The molecule has 12 nitrogen and oxygen atoms in total. The molecule has 3 aromatic heterocycles. The number of nitrogens with zero attached hydrogens (tertiary/aromatic N) is 5. The molecule has 2 N–H and O–H groups in total. The number of carboxylic acids is 1. The van der Waals surface area contributed by atoms with Crippen LogP contribution in [0.25, 0.3) is 5.65 Å². The van der Waals surface area contributed by atoms with Crippen LogP contribution in [0.5, 0.6) is 0 Å². The Hall–Kier alpha value is -3.08. The van der Waals surface area contributed by atoms with Gasteiger partial charge in [0.05, 0.1) is 18.4 Å². The Kier molecular flexibility index (Phi) is 9.12. The van der Waals surface area contributed by atoms with Crippen LogP contribution in [0.3, 0.4) is 0 Å². The summed E-state index contributed by atoms with van der Waals surface area (Å²) < 4.78 is 81.9. The van der Waals surface area contributed by atoms with E-state index < -0.39 is 40.3 Å². The molecule has 40 heavy (non-hydrogen) atoms. The summed E-state index contributed by atoms with van der Waals surface area (Å²) in [6, 6.07) is 1.64. The molecule has 0 amide bonds. The van der Waals surface area contributed by atoms with Crippen molar-refractivity contribution < 1.29 is 41.0 Å². The number of unbranched alkanes of at least 4 members (excludes halogenated alkanes) is 2. The first-order valence-corrected chi connectivity index (χ1v) is 14.3. The van der Waals surface area contributed by atoms with Crippen LogP contribution in [0.4, 0.5) is 13.2 Å². The third-order valence-corrected chi connectivity index (χ3v) is 8.10. The number of imidazole rings is 1. The summed E-state index contributed by atoms with van der Waals surface area (Å²) >= 11 is 0. The molecule has 1 saturated carbocycles. The molecule has 0 radical (unpaired) electrons. The largest absolute Gasteiger partial charge is 0.476 e. The van der Waals surface area contributed by atoms with E-state index in [-0.39, 0.29) is 36.0 Å². The normalized spacial score (nSPS) is 15.9. The van der Waals surface area contributed by atoms with E-state index in [0.29, 0.717) is 12.1 Å². The summed E-state index contributed by atoms with van der Waals surface area (Å²) in [6.45, 7) is 0.397. The molecule has 1 fully saturated rings. The summed E-state index contributed by atoms with van der Waals surface area (Å²) in [7, 11) is -3.46. The lowest BCUT2D eigenvalue weighted by atomic mass is 10.1. The highest BCUT2D eigenvalue weighted by Crippen LogP contribution is 2.42. The third kappa shape index (κ3) is 7.35. The van der Waals surface area contributed by atoms with Gasteiger partial charge >= 0.3 is 12.1 Å². The van der Waals surface area contributed by atoms with Crippen LogP contribution in [0.2, 0.25) is 0 Å². The highest BCUT2D eigenvalue weighted by Gasteiger charge is 2.41. The fourth-order valence-electron chi connectivity index (χ4n) is 4.33. The molecule has 2 atom stereocenters. The molecule has 16 heteroatoms. The first kappa shape index (κ1) is 29.9. The lowest BCUT2D eigenvalue weighted by Gasteiger charge is -2.27. The van der Waals surface area contributed by atoms with E-state index in [1.807, 2.05) is 6.92 Å². The molecule has 0 saturated heterocycles. The smallest absolute Gasteiger partial charge is 0.402 e. The summed E-state index contributed by atoms with van der Waals surface area (Å²) in [5, 5.41) is 14.8. The molecular formula is C24H31F3N6O6S. The van der Waals surface area contributed by atoms with Crippen LogP contribution in [0.1, 0.15) is 77.5 Å². The van der Waals surface area contributed by atoms with Gasteiger partial charge in [-0.05, 0) is 36.8 Å². The van der Waals surface area contributed by atoms with E-state index in [1.165, 1.54) is 18.0 Å². The molecule has 220 valence electrons. The van der Waals surface area contributed by atoms with Crippen molar-refractivity contribution in [2.24, 2.45) is 0 Å². The lowest BCUT2D eigenvalue weighted by molar-refractivity contribution is -0.128. The second kappa shape index (κ2) is 12.2. The number of ether oxygens (including phenoxy) is 2. The number of rotatable bonds is 15. The van der Waals surface area contributed by atoms with Gasteiger partial charge in [-0.1, -0.05) is 25.0 Å². The first-order chi connectivity index (χ1) is 18.9. The Morgan fingerprint density at radius 3 is 2.60 bits per heavy atom. The standard InChI is InChI=1S/C24H31F3N6O6S/c1-3-4-5-8-39-23(38-2)20(40(36,37)28-14-24(25,26)27)18-9-16(15-6-7-15)10-32-11-17(29-21(18)32)12-33-13-19(22(34)35)30-31-33/h9-11,13,15,20,23,28H,3-8,12,14H2,1-2H3,(H,34,35). The second-order valence-corrected chi connectivity index (χ2v) is 11.5. The number of sulfonamides is 1. The minimum Gasteiger partial charge on any atom is -0.476 e. The minimum absolute atomic E-state index is 0.0190. The van der Waals surface area contributed by atoms with Gasteiger partial charge in [0.25, 0.3) is 0 Å². The van der Waals surface area contributed by atoms with Crippen LogP contribution in [-0.2, 0) is 26.0 Å². The van der Waals surface area contributed by atoms with Crippen LogP contribution >= 0.6 is 0 Å². The number of pyridine rings is 1. The zero-order valence-corrected chi connectivity index (χ0v) is 22.8. The van der Waals surface area contributed by atoms with Crippen LogP contribution < -0.4 is 4.72 Å². The maximum absolute atomic E-state index is 13.5. The van der Waals surface area contributed by atoms with Crippen molar-refractivity contribution in [3.63, 3.8) is 0 Å². The highest BCUT2D eigenvalue weighted by molar-refractivity contribution is 7.89. The van der Waals surface area contributed by atoms with Crippen molar-refractivity contribution in [3.8, 4) is 0 Å². The Labute approximate surface area is 228 Å². The van der Waals surface area contributed by atoms with Crippen molar-refractivity contribution in [2.75, 3.05) is 20.3 Å². The van der Waals surface area contributed by atoms with Gasteiger partial charge in [0.15, 0.2) is 17.2 Å². The van der Waals surface area contributed by atoms with Crippen molar-refractivity contribution in [3.05, 3.63) is 47.2 Å². The highest BCUT2D eigenvalue weighted by atomic mass is 32.2. The molecule has 1 aliphatic rings. The summed E-state index contributed by atoms with van der Waals surface area (Å²) in [4.78, 5) is 15.7. The number of nitrogens with one attached hydrogen (secondary N) is 1. The van der Waals surface area contributed by atoms with E-state index in [1.54, 1.807) is 27.6 Å². The maximum Gasteiger partial charge on any atom is 0.402 e. The fourth-order valence-corrected chi connectivity index (χ4v) is 5.86. The number of aromatic carboxylic acids is 1. The zero-order chi connectivity index (χ0) is 29.1. The number of halogens is 3. The van der Waals surface area contributed by atoms with E-state index in [2.05, 4.69) is 15.3 Å². The number of aromatic nitrogens is 5. The molecule has 1 aliphatic carbocycles. The average molecular weight is 589 g/mol. The van der Waals surface area contributed by atoms with Crippen LogP contribution in [0, 0.1) is 0 Å². The van der Waals surface area contributed by atoms with E-state index in [0.717, 1.165) is 31.2 Å². The Morgan fingerprint density at radius 2 is 2.00 bits per heavy atom. The first-order valence-electron chi connectivity index (χ1n) is 12.8. The number of alkyl halides is 3. The summed E-state index contributed by atoms with van der Waals surface area (Å²) in [5.74, 6) is -1.08. The van der Waals surface area contributed by atoms with Crippen molar-refractivity contribution in [1.82, 2.24) is 29.1 Å². The van der Waals surface area contributed by atoms with Gasteiger partial charge in [-0.2, -0.15) is 13.2 Å². The van der Waals surface area contributed by atoms with E-state index in [9.17, 15) is 26.4 Å². The minimum atomic E-state index is -4.78. The molecule has 0 aliphatic heterocycles. The summed E-state index contributed by atoms with van der Waals surface area (Å²) in [5.41, 5.74) is 1.24. The molecular weight excluding hydrogens is 557 g/mol. The van der Waals surface area contributed by atoms with Crippen molar-refractivity contribution in [2.45, 2.75) is 69.2 Å². The fraction of sp³-hybridized carbons (Fsp3) is 0.583. The van der Waals surface area contributed by atoms with E-state index in [4.69, 9.17) is 14.6 Å². The number of hydrogen-bond acceptors (Lipinski definition) is 8.